The van der Waals surface area contributed by atoms with Crippen molar-refractivity contribution in [3.05, 3.63) is 35.2 Å². The zero-order valence-corrected chi connectivity index (χ0v) is 9.99. The van der Waals surface area contributed by atoms with Crippen molar-refractivity contribution in [3.63, 3.8) is 0 Å². The monoisotopic (exact) mass is 235 g/mol. The zero-order valence-electron chi connectivity index (χ0n) is 9.18. The first-order valence-electron chi connectivity index (χ1n) is 4.96. The molecule has 2 rings (SSSR count). The molecule has 84 valence electrons. The number of carboxylic acids is 1. The normalized spacial score (nSPS) is 13.2. The molecule has 1 heterocycles. The highest BCUT2D eigenvalue weighted by Gasteiger charge is 2.24. The summed E-state index contributed by atoms with van der Waals surface area (Å²) in [6.45, 7) is 0. The van der Waals surface area contributed by atoms with Crippen LogP contribution in [0.25, 0.3) is 10.1 Å². The van der Waals surface area contributed by atoms with Crippen molar-refractivity contribution in [1.82, 2.24) is 4.90 Å². The van der Waals surface area contributed by atoms with Gasteiger partial charge in [-0.25, -0.2) is 0 Å². The van der Waals surface area contributed by atoms with E-state index in [0.29, 0.717) is 0 Å². The molecule has 1 N–H and O–H groups in total. The lowest BCUT2D eigenvalue weighted by Gasteiger charge is -2.19. The van der Waals surface area contributed by atoms with Gasteiger partial charge in [0.05, 0.1) is 0 Å². The second-order valence-electron chi connectivity index (χ2n) is 3.89. The second-order valence-corrected chi connectivity index (χ2v) is 4.80. The number of carboxylic acid groups (broad SMARTS) is 1. The van der Waals surface area contributed by atoms with E-state index in [1.54, 1.807) is 30.3 Å². The van der Waals surface area contributed by atoms with Crippen molar-refractivity contribution in [2.45, 2.75) is 6.04 Å². The predicted octanol–water partition coefficient (Wildman–Crippen LogP) is 2.59. The van der Waals surface area contributed by atoms with Crippen LogP contribution in [0.1, 0.15) is 11.6 Å². The van der Waals surface area contributed by atoms with Crippen LogP contribution in [0.2, 0.25) is 0 Å². The molecular weight excluding hydrogens is 222 g/mol. The first kappa shape index (κ1) is 11.1. The van der Waals surface area contributed by atoms with E-state index < -0.39 is 12.0 Å². The van der Waals surface area contributed by atoms with E-state index in [-0.39, 0.29) is 0 Å². The predicted molar refractivity (Wildman–Crippen MR) is 65.9 cm³/mol. The molecule has 1 aromatic carbocycles. The molecule has 0 saturated carbocycles. The van der Waals surface area contributed by atoms with E-state index in [2.05, 4.69) is 0 Å². The van der Waals surface area contributed by atoms with Gasteiger partial charge in [0.1, 0.15) is 6.04 Å². The highest BCUT2D eigenvalue weighted by Crippen LogP contribution is 2.32. The molecule has 0 saturated heterocycles. The molecule has 0 fully saturated rings. The fourth-order valence-corrected chi connectivity index (χ4v) is 2.82. The van der Waals surface area contributed by atoms with E-state index >= 15 is 0 Å². The van der Waals surface area contributed by atoms with Crippen LogP contribution in [-0.4, -0.2) is 30.1 Å². The van der Waals surface area contributed by atoms with E-state index in [1.165, 1.54) is 0 Å². The van der Waals surface area contributed by atoms with Gasteiger partial charge in [0, 0.05) is 4.70 Å². The molecule has 0 aliphatic rings. The van der Waals surface area contributed by atoms with E-state index in [9.17, 15) is 9.90 Å². The number of likely N-dealkylation sites (N-methyl/N-ethyl adjacent to an activating group) is 1. The topological polar surface area (TPSA) is 40.5 Å². The minimum Gasteiger partial charge on any atom is -0.480 e. The summed E-state index contributed by atoms with van der Waals surface area (Å²) in [5.41, 5.74) is 0.873. The van der Waals surface area contributed by atoms with Gasteiger partial charge in [0.2, 0.25) is 0 Å². The SMILES string of the molecule is CN(C)C(C(=O)O)c1csc2ccccc12. The molecule has 1 atom stereocenters. The second kappa shape index (κ2) is 4.23. The maximum Gasteiger partial charge on any atom is 0.325 e. The lowest BCUT2D eigenvalue weighted by molar-refractivity contribution is -0.142. The van der Waals surface area contributed by atoms with Gasteiger partial charge >= 0.3 is 5.97 Å². The Labute approximate surface area is 97.9 Å². The number of benzene rings is 1. The number of hydrogen-bond acceptors (Lipinski definition) is 3. The lowest BCUT2D eigenvalue weighted by atomic mass is 10.1. The molecule has 0 aliphatic heterocycles. The average Bonchev–Trinajstić information content (AvgIpc) is 2.61. The summed E-state index contributed by atoms with van der Waals surface area (Å²) in [7, 11) is 3.57. The number of rotatable bonds is 3. The Morgan fingerprint density at radius 2 is 2.06 bits per heavy atom. The summed E-state index contributed by atoms with van der Waals surface area (Å²) in [6, 6.07) is 7.32. The summed E-state index contributed by atoms with van der Waals surface area (Å²) in [6.07, 6.45) is 0. The van der Waals surface area contributed by atoms with Gasteiger partial charge in [0.25, 0.3) is 0 Å². The van der Waals surface area contributed by atoms with Crippen LogP contribution >= 0.6 is 11.3 Å². The van der Waals surface area contributed by atoms with Crippen molar-refractivity contribution >= 4 is 27.4 Å². The van der Waals surface area contributed by atoms with Crippen molar-refractivity contribution in [2.75, 3.05) is 14.1 Å². The molecule has 0 amide bonds. The fourth-order valence-electron chi connectivity index (χ4n) is 1.84. The third-order valence-corrected chi connectivity index (χ3v) is 3.54. The fraction of sp³-hybridized carbons (Fsp3) is 0.250. The number of nitrogens with zero attached hydrogens (tertiary/aromatic N) is 1. The molecule has 0 spiro atoms. The quantitative estimate of drug-likeness (QED) is 0.889. The maximum absolute atomic E-state index is 11.2. The van der Waals surface area contributed by atoms with Crippen LogP contribution in [0, 0.1) is 0 Å². The van der Waals surface area contributed by atoms with Gasteiger partial charge in [-0.05, 0) is 36.5 Å². The van der Waals surface area contributed by atoms with Crippen molar-refractivity contribution < 1.29 is 9.90 Å². The van der Waals surface area contributed by atoms with Crippen LogP contribution in [0.5, 0.6) is 0 Å². The van der Waals surface area contributed by atoms with Crippen LogP contribution in [0.15, 0.2) is 29.6 Å². The van der Waals surface area contributed by atoms with Crippen molar-refractivity contribution in [3.8, 4) is 0 Å². The number of carbonyl (C=O) groups is 1. The van der Waals surface area contributed by atoms with Crippen LogP contribution in [0.3, 0.4) is 0 Å². The Morgan fingerprint density at radius 3 is 2.69 bits per heavy atom. The van der Waals surface area contributed by atoms with Gasteiger partial charge in [-0.3, -0.25) is 9.69 Å². The number of hydrogen-bond donors (Lipinski definition) is 1. The number of thiophene rings is 1. The van der Waals surface area contributed by atoms with Gasteiger partial charge in [-0.15, -0.1) is 11.3 Å². The molecule has 2 aromatic rings. The van der Waals surface area contributed by atoms with Gasteiger partial charge in [0.15, 0.2) is 0 Å². The third kappa shape index (κ3) is 1.81. The summed E-state index contributed by atoms with van der Waals surface area (Å²) < 4.78 is 1.13. The summed E-state index contributed by atoms with van der Waals surface area (Å²) in [5, 5.41) is 12.2. The van der Waals surface area contributed by atoms with Crippen LogP contribution in [0.4, 0.5) is 0 Å². The molecule has 0 aliphatic carbocycles. The maximum atomic E-state index is 11.2. The molecule has 0 radical (unpaired) electrons. The molecular formula is C12H13NO2S. The Kier molecular flexibility index (Phi) is 2.94. The van der Waals surface area contributed by atoms with E-state index in [1.807, 2.05) is 29.6 Å². The summed E-state index contributed by atoms with van der Waals surface area (Å²) in [5.74, 6) is -0.812. The minimum atomic E-state index is -0.812. The van der Waals surface area contributed by atoms with Crippen molar-refractivity contribution in [2.24, 2.45) is 0 Å². The van der Waals surface area contributed by atoms with Gasteiger partial charge in [-0.2, -0.15) is 0 Å². The average molecular weight is 235 g/mol. The first-order chi connectivity index (χ1) is 7.61. The third-order valence-electron chi connectivity index (χ3n) is 2.56. The first-order valence-corrected chi connectivity index (χ1v) is 5.84. The minimum absolute atomic E-state index is 0.573. The van der Waals surface area contributed by atoms with Crippen LogP contribution in [-0.2, 0) is 4.79 Å². The Bertz CT molecular complexity index is 518. The smallest absolute Gasteiger partial charge is 0.325 e. The van der Waals surface area contributed by atoms with Crippen molar-refractivity contribution in [1.29, 1.82) is 0 Å². The Balaban J connectivity index is 2.57. The molecule has 16 heavy (non-hydrogen) atoms. The molecule has 0 bridgehead atoms. The Morgan fingerprint density at radius 1 is 1.38 bits per heavy atom. The summed E-state index contributed by atoms with van der Waals surface area (Å²) in [4.78, 5) is 13.0. The van der Waals surface area contributed by atoms with Gasteiger partial charge in [-0.1, -0.05) is 18.2 Å². The molecule has 1 aromatic heterocycles. The van der Waals surface area contributed by atoms with Crippen LogP contribution < -0.4 is 0 Å². The standard InChI is InChI=1S/C12H13NO2S/c1-13(2)11(12(14)15)9-7-16-10-6-4-3-5-8(9)10/h3-7,11H,1-2H3,(H,14,15). The summed E-state index contributed by atoms with van der Waals surface area (Å²) >= 11 is 1.59. The largest absolute Gasteiger partial charge is 0.480 e. The number of fused-ring (bicyclic) bond motifs is 1. The van der Waals surface area contributed by atoms with E-state index in [0.717, 1.165) is 15.6 Å². The lowest BCUT2D eigenvalue weighted by Crippen LogP contribution is -2.27. The Hall–Kier alpha value is -1.39. The molecule has 1 unspecified atom stereocenters. The van der Waals surface area contributed by atoms with E-state index in [4.69, 9.17) is 0 Å². The highest BCUT2D eigenvalue weighted by atomic mass is 32.1. The zero-order chi connectivity index (χ0) is 11.7. The van der Waals surface area contributed by atoms with Gasteiger partial charge < -0.3 is 5.11 Å². The molecule has 4 heteroatoms. The molecule has 3 nitrogen and oxygen atoms in total. The highest BCUT2D eigenvalue weighted by molar-refractivity contribution is 7.17. The number of aliphatic carboxylic acids is 1.